The van der Waals surface area contributed by atoms with Gasteiger partial charge in [-0.2, -0.15) is 0 Å². The van der Waals surface area contributed by atoms with Gasteiger partial charge >= 0.3 is 0 Å². The second-order valence-corrected chi connectivity index (χ2v) is 5.43. The molecule has 0 spiro atoms. The predicted octanol–water partition coefficient (Wildman–Crippen LogP) is 4.61. The van der Waals surface area contributed by atoms with Crippen LogP contribution in [0.25, 0.3) is 0 Å². The van der Waals surface area contributed by atoms with Crippen molar-refractivity contribution in [3.05, 3.63) is 0 Å². The zero-order valence-corrected chi connectivity index (χ0v) is 9.75. The van der Waals surface area contributed by atoms with Gasteiger partial charge in [0.05, 0.1) is 0 Å². The van der Waals surface area contributed by atoms with Crippen molar-refractivity contribution in [2.24, 2.45) is 5.41 Å². The molecule has 0 aromatic carbocycles. The van der Waals surface area contributed by atoms with Crippen LogP contribution in [0.15, 0.2) is 0 Å². The maximum Gasteiger partial charge on any atom is 0.0333 e. The lowest BCUT2D eigenvalue weighted by Gasteiger charge is -2.17. The molecule has 0 aromatic heterocycles. The second-order valence-electron chi connectivity index (χ2n) is 4.81. The van der Waals surface area contributed by atoms with E-state index in [1.165, 1.54) is 25.7 Å². The molecule has 12 heavy (non-hydrogen) atoms. The van der Waals surface area contributed by atoms with E-state index in [0.29, 0.717) is 10.8 Å². The first-order valence-electron chi connectivity index (χ1n) is 5.10. The van der Waals surface area contributed by atoms with Crippen molar-refractivity contribution in [3.8, 4) is 0 Å². The van der Waals surface area contributed by atoms with Crippen LogP contribution in [0, 0.1) is 5.41 Å². The largest absolute Gasteiger partial charge is 0.123 e. The van der Waals surface area contributed by atoms with E-state index in [2.05, 4.69) is 27.7 Å². The van der Waals surface area contributed by atoms with E-state index < -0.39 is 0 Å². The van der Waals surface area contributed by atoms with Gasteiger partial charge in [0.2, 0.25) is 0 Å². The van der Waals surface area contributed by atoms with E-state index in [4.69, 9.17) is 11.6 Å². The Kier molecular flexibility index (Phi) is 6.00. The van der Waals surface area contributed by atoms with Gasteiger partial charge in [0, 0.05) is 5.38 Å². The van der Waals surface area contributed by atoms with E-state index in [9.17, 15) is 0 Å². The highest BCUT2D eigenvalue weighted by atomic mass is 35.5. The maximum atomic E-state index is 6.02. The Morgan fingerprint density at radius 2 is 1.75 bits per heavy atom. The summed E-state index contributed by atoms with van der Waals surface area (Å²) in [4.78, 5) is 0. The molecule has 1 heteroatoms. The molecule has 0 aliphatic carbocycles. The molecule has 0 radical (unpaired) electrons. The lowest BCUT2D eigenvalue weighted by atomic mass is 9.89. The molecule has 0 rings (SSSR count). The first kappa shape index (κ1) is 12.3. The fraction of sp³-hybridized carbons (Fsp3) is 1.00. The highest BCUT2D eigenvalue weighted by Crippen LogP contribution is 2.23. The molecule has 0 aliphatic heterocycles. The summed E-state index contributed by atoms with van der Waals surface area (Å²) >= 11 is 6.02. The van der Waals surface area contributed by atoms with Crippen molar-refractivity contribution >= 4 is 11.6 Å². The summed E-state index contributed by atoms with van der Waals surface area (Å²) in [6.45, 7) is 9.04. The zero-order valence-electron chi connectivity index (χ0n) is 8.99. The summed E-state index contributed by atoms with van der Waals surface area (Å²) in [6, 6.07) is 0. The third kappa shape index (κ3) is 8.39. The fourth-order valence-corrected chi connectivity index (χ4v) is 1.38. The molecule has 0 nitrogen and oxygen atoms in total. The van der Waals surface area contributed by atoms with Gasteiger partial charge in [-0.05, 0) is 24.7 Å². The average molecular weight is 191 g/mol. The molecule has 74 valence electrons. The SMILES string of the molecule is CCC(Cl)CCCCC(C)(C)C. The number of unbranched alkanes of at least 4 members (excludes halogenated alkanes) is 1. The van der Waals surface area contributed by atoms with E-state index in [-0.39, 0.29) is 0 Å². The van der Waals surface area contributed by atoms with Gasteiger partial charge in [-0.15, -0.1) is 11.6 Å². The van der Waals surface area contributed by atoms with Crippen LogP contribution in [-0.4, -0.2) is 5.38 Å². The minimum absolute atomic E-state index is 0.407. The van der Waals surface area contributed by atoms with Gasteiger partial charge in [-0.3, -0.25) is 0 Å². The average Bonchev–Trinajstić information content (AvgIpc) is 1.96. The number of hydrogen-bond acceptors (Lipinski definition) is 0. The van der Waals surface area contributed by atoms with Crippen molar-refractivity contribution in [3.63, 3.8) is 0 Å². The summed E-state index contributed by atoms with van der Waals surface area (Å²) in [6.07, 6.45) is 6.23. The quantitative estimate of drug-likeness (QED) is 0.439. The molecule has 1 atom stereocenters. The van der Waals surface area contributed by atoms with Crippen molar-refractivity contribution in [1.29, 1.82) is 0 Å². The summed E-state index contributed by atoms with van der Waals surface area (Å²) in [5.74, 6) is 0. The Morgan fingerprint density at radius 3 is 2.17 bits per heavy atom. The Labute approximate surface area is 82.7 Å². The van der Waals surface area contributed by atoms with Gasteiger partial charge in [0.15, 0.2) is 0 Å². The summed E-state index contributed by atoms with van der Waals surface area (Å²) in [5.41, 5.74) is 0.494. The summed E-state index contributed by atoms with van der Waals surface area (Å²) in [5, 5.41) is 0.407. The Balaban J connectivity index is 3.22. The molecule has 1 unspecified atom stereocenters. The fourth-order valence-electron chi connectivity index (χ4n) is 1.23. The Bertz CT molecular complexity index is 102. The predicted molar refractivity (Wildman–Crippen MR) is 57.9 cm³/mol. The van der Waals surface area contributed by atoms with Crippen LogP contribution < -0.4 is 0 Å². The third-order valence-electron chi connectivity index (χ3n) is 2.14. The topological polar surface area (TPSA) is 0 Å². The second kappa shape index (κ2) is 5.85. The zero-order chi connectivity index (χ0) is 9.61. The Hall–Kier alpha value is 0.290. The van der Waals surface area contributed by atoms with Crippen molar-refractivity contribution in [2.75, 3.05) is 0 Å². The van der Waals surface area contributed by atoms with E-state index in [1.54, 1.807) is 0 Å². The minimum atomic E-state index is 0.407. The number of rotatable bonds is 5. The molecule has 0 fully saturated rings. The van der Waals surface area contributed by atoms with Gasteiger partial charge in [0.1, 0.15) is 0 Å². The van der Waals surface area contributed by atoms with E-state index in [1.807, 2.05) is 0 Å². The lowest BCUT2D eigenvalue weighted by molar-refractivity contribution is 0.357. The van der Waals surface area contributed by atoms with Crippen LogP contribution in [0.4, 0.5) is 0 Å². The van der Waals surface area contributed by atoms with Crippen LogP contribution in [0.3, 0.4) is 0 Å². The van der Waals surface area contributed by atoms with Crippen LogP contribution >= 0.6 is 11.6 Å². The molecule has 0 aromatic rings. The van der Waals surface area contributed by atoms with E-state index >= 15 is 0 Å². The van der Waals surface area contributed by atoms with Gasteiger partial charge in [-0.1, -0.05) is 40.5 Å². The molecule has 0 bridgehead atoms. The lowest BCUT2D eigenvalue weighted by Crippen LogP contribution is -2.05. The minimum Gasteiger partial charge on any atom is -0.123 e. The van der Waals surface area contributed by atoms with Gasteiger partial charge in [0.25, 0.3) is 0 Å². The van der Waals surface area contributed by atoms with Crippen molar-refractivity contribution < 1.29 is 0 Å². The molecule has 0 saturated carbocycles. The molecule has 0 heterocycles. The number of alkyl halides is 1. The molecule has 0 amide bonds. The Morgan fingerprint density at radius 1 is 1.17 bits per heavy atom. The number of halogens is 1. The molecule has 0 saturated heterocycles. The summed E-state index contributed by atoms with van der Waals surface area (Å²) in [7, 11) is 0. The standard InChI is InChI=1S/C11H23Cl/c1-5-10(12)8-6-7-9-11(2,3)4/h10H,5-9H2,1-4H3. The maximum absolute atomic E-state index is 6.02. The first-order chi connectivity index (χ1) is 5.45. The monoisotopic (exact) mass is 190 g/mol. The number of hydrogen-bond donors (Lipinski definition) is 0. The molecular weight excluding hydrogens is 168 g/mol. The van der Waals surface area contributed by atoms with Crippen LogP contribution in [0.1, 0.15) is 59.8 Å². The van der Waals surface area contributed by atoms with Crippen LogP contribution in [0.2, 0.25) is 0 Å². The third-order valence-corrected chi connectivity index (χ3v) is 2.66. The van der Waals surface area contributed by atoms with Gasteiger partial charge < -0.3 is 0 Å². The summed E-state index contributed by atoms with van der Waals surface area (Å²) < 4.78 is 0. The van der Waals surface area contributed by atoms with E-state index in [0.717, 1.165) is 6.42 Å². The molecule has 0 aliphatic rings. The first-order valence-corrected chi connectivity index (χ1v) is 5.53. The molecule has 0 N–H and O–H groups in total. The highest BCUT2D eigenvalue weighted by molar-refractivity contribution is 6.20. The van der Waals surface area contributed by atoms with Crippen molar-refractivity contribution in [2.45, 2.75) is 65.2 Å². The van der Waals surface area contributed by atoms with Crippen LogP contribution in [0.5, 0.6) is 0 Å². The normalized spacial score (nSPS) is 14.8. The molecular formula is C11H23Cl. The van der Waals surface area contributed by atoms with Gasteiger partial charge in [-0.25, -0.2) is 0 Å². The smallest absolute Gasteiger partial charge is 0.0333 e. The van der Waals surface area contributed by atoms with Crippen LogP contribution in [-0.2, 0) is 0 Å². The van der Waals surface area contributed by atoms with Crippen molar-refractivity contribution in [1.82, 2.24) is 0 Å². The highest BCUT2D eigenvalue weighted by Gasteiger charge is 2.09.